The maximum Gasteiger partial charge on any atom is 0.254 e. The molecule has 3 aromatic rings. The minimum absolute atomic E-state index is 0.0759. The van der Waals surface area contributed by atoms with Crippen LogP contribution in [0.15, 0.2) is 97.7 Å². The van der Waals surface area contributed by atoms with Gasteiger partial charge in [0.2, 0.25) is 5.91 Å². The van der Waals surface area contributed by atoms with Gasteiger partial charge in [-0.15, -0.1) is 0 Å². The molecule has 0 unspecified atom stereocenters. The highest BCUT2D eigenvalue weighted by molar-refractivity contribution is 9.10. The van der Waals surface area contributed by atoms with E-state index in [1.807, 2.05) is 43.3 Å². The highest BCUT2D eigenvalue weighted by Crippen LogP contribution is 2.41. The Labute approximate surface area is 221 Å². The van der Waals surface area contributed by atoms with Gasteiger partial charge in [-0.3, -0.25) is 9.59 Å². The number of rotatable bonds is 7. The Bertz CT molecular complexity index is 1390. The Hall–Kier alpha value is -3.74. The summed E-state index contributed by atoms with van der Waals surface area (Å²) in [4.78, 5) is 26.0. The number of furan rings is 1. The first-order valence-corrected chi connectivity index (χ1v) is 12.9. The molecular weight excluding hydrogens is 540 g/mol. The van der Waals surface area contributed by atoms with Crippen LogP contribution in [0.2, 0.25) is 0 Å². The molecule has 182 valence electrons. The Kier molecular flexibility index (Phi) is 7.98. The maximum absolute atomic E-state index is 13.4. The third-order valence-corrected chi connectivity index (χ3v) is 7.13. The minimum Gasteiger partial charge on any atom is -0.468 e. The van der Waals surface area contributed by atoms with Crippen LogP contribution in [0.25, 0.3) is 0 Å². The summed E-state index contributed by atoms with van der Waals surface area (Å²) in [6.45, 7) is 3.69. The number of dihydropyridines is 1. The highest BCUT2D eigenvalue weighted by Gasteiger charge is 2.36. The molecule has 36 heavy (non-hydrogen) atoms. The molecule has 2 amide bonds. The van der Waals surface area contributed by atoms with Crippen molar-refractivity contribution in [2.45, 2.75) is 19.8 Å². The number of thioether (sulfide) groups is 1. The number of para-hydroxylation sites is 1. The number of hydrogen-bond acceptors (Lipinski definition) is 6. The van der Waals surface area contributed by atoms with E-state index < -0.39 is 5.92 Å². The molecule has 1 aliphatic heterocycles. The van der Waals surface area contributed by atoms with Crippen molar-refractivity contribution in [3.05, 3.63) is 105 Å². The smallest absolute Gasteiger partial charge is 0.254 e. The molecule has 0 radical (unpaired) electrons. The number of halogens is 1. The third-order valence-electron chi connectivity index (χ3n) is 5.59. The predicted octanol–water partition coefficient (Wildman–Crippen LogP) is 6.06. The molecule has 0 bridgehead atoms. The first-order valence-electron chi connectivity index (χ1n) is 11.1. The number of carbonyl (C=O) groups is 2. The number of hydrogen-bond donors (Lipinski definition) is 3. The summed E-state index contributed by atoms with van der Waals surface area (Å²) in [5.74, 6) is -0.715. The van der Waals surface area contributed by atoms with E-state index in [1.165, 1.54) is 18.0 Å². The molecule has 2 heterocycles. The highest BCUT2D eigenvalue weighted by atomic mass is 79.9. The second-order valence-electron chi connectivity index (χ2n) is 8.08. The summed E-state index contributed by atoms with van der Waals surface area (Å²) in [7, 11) is 0. The molecule has 0 aliphatic carbocycles. The van der Waals surface area contributed by atoms with Gasteiger partial charge in [0.1, 0.15) is 5.76 Å². The number of nitrogens with zero attached hydrogens (tertiary/aromatic N) is 1. The van der Waals surface area contributed by atoms with Crippen LogP contribution in [0.5, 0.6) is 0 Å². The van der Waals surface area contributed by atoms with Crippen molar-refractivity contribution >= 4 is 50.9 Å². The van der Waals surface area contributed by atoms with Gasteiger partial charge in [-0.2, -0.15) is 5.26 Å². The van der Waals surface area contributed by atoms with Gasteiger partial charge in [-0.1, -0.05) is 45.9 Å². The zero-order valence-electron chi connectivity index (χ0n) is 19.6. The van der Waals surface area contributed by atoms with Crippen molar-refractivity contribution in [3.63, 3.8) is 0 Å². The van der Waals surface area contributed by atoms with Crippen LogP contribution in [0.4, 0.5) is 11.4 Å². The van der Waals surface area contributed by atoms with Crippen LogP contribution in [-0.4, -0.2) is 17.6 Å². The number of amides is 2. The second-order valence-corrected chi connectivity index (χ2v) is 9.98. The molecule has 7 nitrogen and oxygen atoms in total. The molecule has 1 atom stereocenters. The molecule has 0 saturated heterocycles. The van der Waals surface area contributed by atoms with E-state index in [2.05, 4.69) is 37.9 Å². The van der Waals surface area contributed by atoms with Crippen molar-refractivity contribution in [1.82, 2.24) is 5.32 Å². The molecule has 4 rings (SSSR count). The monoisotopic (exact) mass is 562 g/mol. The van der Waals surface area contributed by atoms with E-state index in [0.29, 0.717) is 39.0 Å². The Morgan fingerprint density at radius 1 is 1.08 bits per heavy atom. The van der Waals surface area contributed by atoms with Crippen molar-refractivity contribution in [2.75, 3.05) is 16.4 Å². The molecule has 1 aliphatic rings. The molecular formula is C27H23BrN4O3S. The van der Waals surface area contributed by atoms with Crippen LogP contribution in [-0.2, 0) is 9.59 Å². The largest absolute Gasteiger partial charge is 0.468 e. The first kappa shape index (κ1) is 25.4. The lowest BCUT2D eigenvalue weighted by Gasteiger charge is -2.28. The Balaban J connectivity index is 1.58. The SMILES string of the molecule is CC1=C(C(=O)Nc2ccccc2C)[C@@H](c2ccco2)C(C#N)=C(SCC(=O)Nc2ccc(Br)cc2)N1. The number of nitriles is 1. The molecule has 1 aromatic heterocycles. The lowest BCUT2D eigenvalue weighted by atomic mass is 9.85. The van der Waals surface area contributed by atoms with Gasteiger partial charge in [0.15, 0.2) is 0 Å². The number of aryl methyl sites for hydroxylation is 1. The molecule has 0 spiro atoms. The number of nitrogens with one attached hydrogen (secondary N) is 3. The average molecular weight is 563 g/mol. The quantitative estimate of drug-likeness (QED) is 0.323. The molecule has 9 heteroatoms. The molecule has 0 saturated carbocycles. The number of allylic oxidation sites excluding steroid dienone is 2. The summed E-state index contributed by atoms with van der Waals surface area (Å²) in [6, 6.07) is 20.5. The molecule has 0 fully saturated rings. The average Bonchev–Trinajstić information content (AvgIpc) is 3.39. The predicted molar refractivity (Wildman–Crippen MR) is 145 cm³/mol. The number of benzene rings is 2. The fraction of sp³-hybridized carbons (Fsp3) is 0.148. The van der Waals surface area contributed by atoms with Crippen LogP contribution >= 0.6 is 27.7 Å². The van der Waals surface area contributed by atoms with Crippen LogP contribution in [0.3, 0.4) is 0 Å². The summed E-state index contributed by atoms with van der Waals surface area (Å²) in [6.07, 6.45) is 1.51. The fourth-order valence-electron chi connectivity index (χ4n) is 3.84. The second kappa shape index (κ2) is 11.3. The van der Waals surface area contributed by atoms with E-state index in [1.54, 1.807) is 31.2 Å². The summed E-state index contributed by atoms with van der Waals surface area (Å²) < 4.78 is 6.57. The minimum atomic E-state index is -0.715. The summed E-state index contributed by atoms with van der Waals surface area (Å²) >= 11 is 4.57. The number of anilines is 2. The standard InChI is InChI=1S/C27H23BrN4O3S/c1-16-6-3-4-7-21(16)32-26(34)24-17(2)30-27(20(14-29)25(24)22-8-5-13-35-22)36-15-23(33)31-19-11-9-18(28)10-12-19/h3-13,25,30H,15H2,1-2H3,(H,31,33)(H,32,34)/t25-/m1/s1. The Morgan fingerprint density at radius 2 is 1.83 bits per heavy atom. The van der Waals surface area contributed by atoms with Gasteiger partial charge in [-0.25, -0.2) is 0 Å². The molecule has 2 aromatic carbocycles. The van der Waals surface area contributed by atoms with Gasteiger partial charge >= 0.3 is 0 Å². The van der Waals surface area contributed by atoms with E-state index >= 15 is 0 Å². The van der Waals surface area contributed by atoms with Gasteiger partial charge in [-0.05, 0) is 61.9 Å². The van der Waals surface area contributed by atoms with E-state index in [-0.39, 0.29) is 17.6 Å². The summed E-state index contributed by atoms with van der Waals surface area (Å²) in [5, 5.41) is 19.6. The van der Waals surface area contributed by atoms with Gasteiger partial charge in [0.25, 0.3) is 5.91 Å². The van der Waals surface area contributed by atoms with Crippen LogP contribution in [0, 0.1) is 18.3 Å². The van der Waals surface area contributed by atoms with E-state index in [9.17, 15) is 14.9 Å². The van der Waals surface area contributed by atoms with Gasteiger partial charge < -0.3 is 20.4 Å². The van der Waals surface area contributed by atoms with Gasteiger partial charge in [0, 0.05) is 21.5 Å². The zero-order chi connectivity index (χ0) is 25.7. The lowest BCUT2D eigenvalue weighted by Crippen LogP contribution is -2.31. The first-order chi connectivity index (χ1) is 17.4. The number of carbonyl (C=O) groups excluding carboxylic acids is 2. The Morgan fingerprint density at radius 3 is 2.50 bits per heavy atom. The third kappa shape index (κ3) is 5.73. The van der Waals surface area contributed by atoms with Crippen LogP contribution < -0.4 is 16.0 Å². The van der Waals surface area contributed by atoms with E-state index in [4.69, 9.17) is 4.42 Å². The maximum atomic E-state index is 13.4. The van der Waals surface area contributed by atoms with Crippen molar-refractivity contribution in [2.24, 2.45) is 0 Å². The molecule has 3 N–H and O–H groups in total. The van der Waals surface area contributed by atoms with Crippen LogP contribution in [0.1, 0.15) is 24.2 Å². The van der Waals surface area contributed by atoms with E-state index in [0.717, 1.165) is 10.0 Å². The zero-order valence-corrected chi connectivity index (χ0v) is 22.0. The topological polar surface area (TPSA) is 107 Å². The summed E-state index contributed by atoms with van der Waals surface area (Å²) in [5.41, 5.74) is 3.56. The van der Waals surface area contributed by atoms with Crippen molar-refractivity contribution in [1.29, 1.82) is 5.26 Å². The fourth-order valence-corrected chi connectivity index (χ4v) is 4.99. The van der Waals surface area contributed by atoms with Gasteiger partial charge in [0.05, 0.1) is 40.2 Å². The van der Waals surface area contributed by atoms with Crippen molar-refractivity contribution < 1.29 is 14.0 Å². The lowest BCUT2D eigenvalue weighted by molar-refractivity contribution is -0.114. The van der Waals surface area contributed by atoms with Crippen molar-refractivity contribution in [3.8, 4) is 6.07 Å². The normalized spacial score (nSPS) is 15.2.